The average molecular weight is 575 g/mol. The van der Waals surface area contributed by atoms with Crippen LogP contribution in [0.15, 0.2) is 40.2 Å². The second-order valence-corrected chi connectivity index (χ2v) is 9.29. The van der Waals surface area contributed by atoms with Crippen molar-refractivity contribution in [3.05, 3.63) is 30.3 Å². The van der Waals surface area contributed by atoms with Gasteiger partial charge in [-0.1, -0.05) is 18.2 Å². The molecule has 0 unspecified atom stereocenters. The van der Waals surface area contributed by atoms with Gasteiger partial charge in [0.2, 0.25) is 11.8 Å². The number of nitrogens with zero attached hydrogens (tertiary/aromatic N) is 4. The van der Waals surface area contributed by atoms with Crippen LogP contribution in [0.25, 0.3) is 0 Å². The lowest BCUT2D eigenvalue weighted by Crippen LogP contribution is -2.54. The molecule has 10 heteroatoms. The van der Waals surface area contributed by atoms with E-state index in [0.717, 1.165) is 57.3 Å². The molecule has 0 bridgehead atoms. The number of hydrogen-bond acceptors (Lipinski definition) is 5. The summed E-state index contributed by atoms with van der Waals surface area (Å²) in [5, 5.41) is 6.48. The number of rotatable bonds is 9. The monoisotopic (exact) mass is 574 g/mol. The number of amides is 2. The fourth-order valence-corrected chi connectivity index (χ4v) is 4.01. The van der Waals surface area contributed by atoms with Crippen molar-refractivity contribution in [3.8, 4) is 0 Å². The molecular formula is C22H35IN6O2S. The number of carbonyl (C=O) groups is 2. The Bertz CT molecular complexity index is 752. The number of piperazine rings is 1. The molecular weight excluding hydrogens is 539 g/mol. The largest absolute Gasteiger partial charge is 0.355 e. The van der Waals surface area contributed by atoms with Crippen LogP contribution in [-0.2, 0) is 9.59 Å². The molecule has 1 aliphatic heterocycles. The van der Waals surface area contributed by atoms with E-state index in [2.05, 4.69) is 37.6 Å². The van der Waals surface area contributed by atoms with Gasteiger partial charge in [-0.2, -0.15) is 0 Å². The number of nitrogens with one attached hydrogen (secondary N) is 2. The van der Waals surface area contributed by atoms with E-state index in [0.29, 0.717) is 12.6 Å². The SMILES string of the molecule is CN(C)C(=O)CN=C(NCCSc1ccccc1)N1CCN(CC(=O)NC2CC2)CC1.I. The van der Waals surface area contributed by atoms with Crippen LogP contribution in [0.5, 0.6) is 0 Å². The number of thioether (sulfide) groups is 1. The van der Waals surface area contributed by atoms with Crippen LogP contribution in [0, 0.1) is 0 Å². The number of hydrogen-bond donors (Lipinski definition) is 2. The van der Waals surface area contributed by atoms with E-state index in [1.54, 1.807) is 30.8 Å². The van der Waals surface area contributed by atoms with Crippen molar-refractivity contribution in [1.29, 1.82) is 0 Å². The maximum Gasteiger partial charge on any atom is 0.243 e. The maximum atomic E-state index is 12.1. The van der Waals surface area contributed by atoms with E-state index in [-0.39, 0.29) is 42.3 Å². The lowest BCUT2D eigenvalue weighted by molar-refractivity contribution is -0.127. The summed E-state index contributed by atoms with van der Waals surface area (Å²) >= 11 is 1.79. The number of carbonyl (C=O) groups excluding carboxylic acids is 2. The molecule has 0 radical (unpaired) electrons. The molecule has 0 atom stereocenters. The smallest absolute Gasteiger partial charge is 0.243 e. The lowest BCUT2D eigenvalue weighted by Gasteiger charge is -2.36. The summed E-state index contributed by atoms with van der Waals surface area (Å²) in [6.07, 6.45) is 2.22. The summed E-state index contributed by atoms with van der Waals surface area (Å²) in [4.78, 5) is 35.8. The molecule has 2 aliphatic rings. The Hall–Kier alpha value is -1.53. The molecule has 2 fully saturated rings. The zero-order chi connectivity index (χ0) is 22.1. The van der Waals surface area contributed by atoms with Gasteiger partial charge in [0, 0.05) is 63.5 Å². The first-order valence-corrected chi connectivity index (χ1v) is 11.9. The van der Waals surface area contributed by atoms with Crippen LogP contribution < -0.4 is 10.6 Å². The molecule has 3 rings (SSSR count). The molecule has 8 nitrogen and oxygen atoms in total. The van der Waals surface area contributed by atoms with E-state index in [1.807, 2.05) is 18.2 Å². The summed E-state index contributed by atoms with van der Waals surface area (Å²) in [7, 11) is 3.49. The zero-order valence-electron chi connectivity index (χ0n) is 19.0. The van der Waals surface area contributed by atoms with Crippen molar-refractivity contribution in [2.24, 2.45) is 4.99 Å². The second kappa shape index (κ2) is 13.9. The average Bonchev–Trinajstić information content (AvgIpc) is 3.58. The molecule has 178 valence electrons. The molecule has 1 heterocycles. The highest BCUT2D eigenvalue weighted by atomic mass is 127. The molecule has 1 aliphatic carbocycles. The number of aliphatic imine (C=N–C) groups is 1. The number of likely N-dealkylation sites (N-methyl/N-ethyl adjacent to an activating group) is 1. The van der Waals surface area contributed by atoms with Gasteiger partial charge in [-0.3, -0.25) is 14.5 Å². The van der Waals surface area contributed by atoms with E-state index in [9.17, 15) is 9.59 Å². The molecule has 0 aromatic heterocycles. The minimum absolute atomic E-state index is 0. The Kier molecular flexibility index (Phi) is 11.6. The van der Waals surface area contributed by atoms with Crippen LogP contribution in [0.3, 0.4) is 0 Å². The van der Waals surface area contributed by atoms with E-state index in [4.69, 9.17) is 0 Å². The quantitative estimate of drug-likeness (QED) is 0.152. The van der Waals surface area contributed by atoms with Gasteiger partial charge in [0.15, 0.2) is 5.96 Å². The molecule has 1 aromatic rings. The zero-order valence-corrected chi connectivity index (χ0v) is 22.1. The van der Waals surface area contributed by atoms with Crippen LogP contribution in [0.1, 0.15) is 12.8 Å². The minimum Gasteiger partial charge on any atom is -0.355 e. The Balaban J connectivity index is 0.00000363. The van der Waals surface area contributed by atoms with Crippen molar-refractivity contribution in [2.75, 3.05) is 65.7 Å². The Labute approximate surface area is 212 Å². The van der Waals surface area contributed by atoms with E-state index in [1.165, 1.54) is 4.90 Å². The number of guanidine groups is 1. The molecule has 2 N–H and O–H groups in total. The fourth-order valence-electron chi connectivity index (χ4n) is 3.22. The first-order valence-electron chi connectivity index (χ1n) is 10.9. The van der Waals surface area contributed by atoms with Crippen molar-refractivity contribution < 1.29 is 9.59 Å². The van der Waals surface area contributed by atoms with E-state index >= 15 is 0 Å². The molecule has 0 spiro atoms. The summed E-state index contributed by atoms with van der Waals surface area (Å²) in [5.74, 6) is 1.78. The predicted octanol–water partition coefficient (Wildman–Crippen LogP) is 1.33. The predicted molar refractivity (Wildman–Crippen MR) is 141 cm³/mol. The standard InChI is InChI=1S/C22H34N6O2S.HI/c1-26(2)21(30)16-24-22(23-10-15-31-19-6-4-3-5-7-19)28-13-11-27(12-14-28)17-20(29)25-18-8-9-18;/h3-7,18H,8-17H2,1-2H3,(H,23,24)(H,25,29);1H. The molecule has 2 amide bonds. The minimum atomic E-state index is -0.0201. The third-order valence-electron chi connectivity index (χ3n) is 5.24. The third-order valence-corrected chi connectivity index (χ3v) is 6.26. The van der Waals surface area contributed by atoms with Crippen LogP contribution in [0.4, 0.5) is 0 Å². The van der Waals surface area contributed by atoms with E-state index < -0.39 is 0 Å². The Morgan fingerprint density at radius 3 is 2.44 bits per heavy atom. The second-order valence-electron chi connectivity index (χ2n) is 8.12. The summed E-state index contributed by atoms with van der Waals surface area (Å²) in [6, 6.07) is 10.7. The topological polar surface area (TPSA) is 80.3 Å². The summed E-state index contributed by atoms with van der Waals surface area (Å²) < 4.78 is 0. The highest BCUT2D eigenvalue weighted by Crippen LogP contribution is 2.18. The van der Waals surface area contributed by atoms with Gasteiger partial charge < -0.3 is 20.4 Å². The molecule has 1 aromatic carbocycles. The van der Waals surface area contributed by atoms with Gasteiger partial charge in [-0.15, -0.1) is 35.7 Å². The normalized spacial score (nSPS) is 16.8. The van der Waals surface area contributed by atoms with Gasteiger partial charge in [-0.25, -0.2) is 4.99 Å². The highest BCUT2D eigenvalue weighted by molar-refractivity contribution is 14.0. The van der Waals surface area contributed by atoms with Crippen molar-refractivity contribution in [2.45, 2.75) is 23.8 Å². The van der Waals surface area contributed by atoms with Gasteiger partial charge in [0.25, 0.3) is 0 Å². The van der Waals surface area contributed by atoms with Crippen LogP contribution >= 0.6 is 35.7 Å². The number of benzene rings is 1. The third kappa shape index (κ3) is 9.53. The van der Waals surface area contributed by atoms with Gasteiger partial charge >= 0.3 is 0 Å². The molecule has 1 saturated carbocycles. The summed E-state index contributed by atoms with van der Waals surface area (Å²) in [6.45, 7) is 4.52. The van der Waals surface area contributed by atoms with Gasteiger partial charge in [0.05, 0.1) is 6.54 Å². The summed E-state index contributed by atoms with van der Waals surface area (Å²) in [5.41, 5.74) is 0. The van der Waals surface area contributed by atoms with Crippen molar-refractivity contribution >= 4 is 53.5 Å². The van der Waals surface area contributed by atoms with Crippen molar-refractivity contribution in [3.63, 3.8) is 0 Å². The first kappa shape index (κ1) is 26.7. The van der Waals surface area contributed by atoms with Crippen LogP contribution in [0.2, 0.25) is 0 Å². The van der Waals surface area contributed by atoms with Gasteiger partial charge in [0.1, 0.15) is 6.54 Å². The molecule has 32 heavy (non-hydrogen) atoms. The Morgan fingerprint density at radius 2 is 1.81 bits per heavy atom. The Morgan fingerprint density at radius 1 is 1.12 bits per heavy atom. The first-order chi connectivity index (χ1) is 15.0. The molecule has 1 saturated heterocycles. The van der Waals surface area contributed by atoms with Gasteiger partial charge in [-0.05, 0) is 25.0 Å². The fraction of sp³-hybridized carbons (Fsp3) is 0.591. The highest BCUT2D eigenvalue weighted by Gasteiger charge is 2.26. The van der Waals surface area contributed by atoms with Crippen LogP contribution in [-0.4, -0.2) is 104 Å². The number of halogens is 1. The lowest BCUT2D eigenvalue weighted by atomic mass is 10.3. The van der Waals surface area contributed by atoms with Crippen molar-refractivity contribution in [1.82, 2.24) is 25.3 Å². The maximum absolute atomic E-state index is 12.1.